The average molecular weight is 467 g/mol. The quantitative estimate of drug-likeness (QED) is 0.297. The lowest BCUT2D eigenvalue weighted by molar-refractivity contribution is -0.201. The summed E-state index contributed by atoms with van der Waals surface area (Å²) in [4.78, 5) is 19.7. The number of nitrogens with zero attached hydrogens (tertiary/aromatic N) is 5. The molecule has 11 nitrogen and oxygen atoms in total. The van der Waals surface area contributed by atoms with Gasteiger partial charge in [-0.3, -0.25) is 0 Å². The summed E-state index contributed by atoms with van der Waals surface area (Å²) in [6, 6.07) is 0. The number of carbonyl (C=O) groups excluding carboxylic acids is 1. The number of anilines is 1. The summed E-state index contributed by atoms with van der Waals surface area (Å²) >= 11 is 0. The lowest BCUT2D eigenvalue weighted by Gasteiger charge is -2.10. The largest absolute Gasteiger partial charge is 0.490 e. The van der Waals surface area contributed by atoms with E-state index < -0.39 is 18.2 Å². The Morgan fingerprint density at radius 3 is 2.73 bits per heavy atom. The van der Waals surface area contributed by atoms with Gasteiger partial charge in [0.15, 0.2) is 29.2 Å². The van der Waals surface area contributed by atoms with Crippen LogP contribution in [0.15, 0.2) is 10.8 Å². The Bertz CT molecular complexity index is 1210. The third kappa shape index (κ3) is 5.14. The van der Waals surface area contributed by atoms with E-state index in [2.05, 4.69) is 41.5 Å². The van der Waals surface area contributed by atoms with E-state index >= 15 is 0 Å². The van der Waals surface area contributed by atoms with Gasteiger partial charge in [0.2, 0.25) is 0 Å². The van der Waals surface area contributed by atoms with Crippen LogP contribution < -0.4 is 16.2 Å². The Kier molecular flexibility index (Phi) is 7.02. The standard InChI is InChI=1S/C19H20F3N7O4/c1-3-29-15-12(31-8-4-7-23)9-25-11(6-5-10(2)32-18(30)19(20,21)22)13(15)26-17(29)14-16(24)28-33-27-14/h9-10H,3-4,7-8,23H2,1-2H3,(H2,24,28). The first-order valence-electron chi connectivity index (χ1n) is 9.77. The third-order valence-electron chi connectivity index (χ3n) is 4.29. The summed E-state index contributed by atoms with van der Waals surface area (Å²) in [6.45, 7) is 4.22. The summed E-state index contributed by atoms with van der Waals surface area (Å²) in [5.74, 6) is 3.41. The van der Waals surface area contributed by atoms with E-state index in [0.29, 0.717) is 43.2 Å². The molecule has 0 amide bonds. The molecule has 33 heavy (non-hydrogen) atoms. The van der Waals surface area contributed by atoms with E-state index in [1.165, 1.54) is 13.1 Å². The summed E-state index contributed by atoms with van der Waals surface area (Å²) in [5.41, 5.74) is 12.4. The van der Waals surface area contributed by atoms with Crippen molar-refractivity contribution < 1.29 is 32.1 Å². The van der Waals surface area contributed by atoms with Crippen molar-refractivity contribution in [1.82, 2.24) is 24.8 Å². The molecule has 0 radical (unpaired) electrons. The molecule has 0 aromatic carbocycles. The van der Waals surface area contributed by atoms with Crippen LogP contribution in [-0.4, -0.2) is 56.2 Å². The van der Waals surface area contributed by atoms with Crippen LogP contribution in [0.1, 0.15) is 26.0 Å². The number of aryl methyl sites for hydroxylation is 1. The molecule has 0 aliphatic rings. The number of hydrogen-bond acceptors (Lipinski definition) is 10. The van der Waals surface area contributed by atoms with Crippen LogP contribution in [0.2, 0.25) is 0 Å². The lowest BCUT2D eigenvalue weighted by Crippen LogP contribution is -2.28. The predicted molar refractivity (Wildman–Crippen MR) is 109 cm³/mol. The van der Waals surface area contributed by atoms with Gasteiger partial charge in [0, 0.05) is 6.54 Å². The Morgan fingerprint density at radius 2 is 2.12 bits per heavy atom. The molecule has 0 saturated heterocycles. The minimum Gasteiger partial charge on any atom is -0.490 e. The Morgan fingerprint density at radius 1 is 1.36 bits per heavy atom. The number of imidazole rings is 1. The highest BCUT2D eigenvalue weighted by Gasteiger charge is 2.41. The van der Waals surface area contributed by atoms with Crippen molar-refractivity contribution in [1.29, 1.82) is 0 Å². The molecule has 0 aliphatic heterocycles. The second kappa shape index (κ2) is 9.74. The van der Waals surface area contributed by atoms with Crippen LogP contribution in [0.3, 0.4) is 0 Å². The minimum absolute atomic E-state index is 0.0129. The van der Waals surface area contributed by atoms with Crippen LogP contribution in [0.25, 0.3) is 22.6 Å². The highest BCUT2D eigenvalue weighted by Crippen LogP contribution is 2.33. The molecular formula is C19H20F3N7O4. The number of ether oxygens (including phenoxy) is 2. The fourth-order valence-electron chi connectivity index (χ4n) is 2.84. The number of nitrogen functional groups attached to an aromatic ring is 1. The molecule has 1 unspecified atom stereocenters. The molecule has 3 aromatic rings. The normalized spacial score (nSPS) is 12.3. The first-order chi connectivity index (χ1) is 15.7. The number of hydrogen-bond donors (Lipinski definition) is 2. The maximum atomic E-state index is 12.4. The van der Waals surface area contributed by atoms with E-state index in [-0.39, 0.29) is 22.7 Å². The highest BCUT2D eigenvalue weighted by atomic mass is 19.4. The fourth-order valence-corrected chi connectivity index (χ4v) is 2.84. The van der Waals surface area contributed by atoms with Gasteiger partial charge >= 0.3 is 12.1 Å². The van der Waals surface area contributed by atoms with Gasteiger partial charge in [0.25, 0.3) is 0 Å². The van der Waals surface area contributed by atoms with Crippen molar-refractivity contribution >= 4 is 22.8 Å². The van der Waals surface area contributed by atoms with Crippen molar-refractivity contribution in [3.63, 3.8) is 0 Å². The highest BCUT2D eigenvalue weighted by molar-refractivity contribution is 5.89. The molecule has 4 N–H and O–H groups in total. The fraction of sp³-hybridized carbons (Fsp3) is 0.421. The number of halogens is 3. The summed E-state index contributed by atoms with van der Waals surface area (Å²) in [6.07, 6.45) is -4.46. The topological polar surface area (TPSA) is 157 Å². The maximum absolute atomic E-state index is 12.4. The van der Waals surface area contributed by atoms with Crippen molar-refractivity contribution in [2.75, 3.05) is 18.9 Å². The molecule has 3 rings (SSSR count). The van der Waals surface area contributed by atoms with Gasteiger partial charge in [0.1, 0.15) is 16.7 Å². The van der Waals surface area contributed by atoms with Gasteiger partial charge < -0.3 is 25.5 Å². The maximum Gasteiger partial charge on any atom is 0.490 e. The second-order valence-electron chi connectivity index (χ2n) is 6.65. The van der Waals surface area contributed by atoms with E-state index in [1.54, 1.807) is 4.57 Å². The van der Waals surface area contributed by atoms with Gasteiger partial charge in [0.05, 0.1) is 12.8 Å². The van der Waals surface area contributed by atoms with E-state index in [4.69, 9.17) is 16.2 Å². The van der Waals surface area contributed by atoms with Gasteiger partial charge in [-0.1, -0.05) is 5.92 Å². The van der Waals surface area contributed by atoms with Crippen LogP contribution in [0.4, 0.5) is 19.0 Å². The first-order valence-corrected chi connectivity index (χ1v) is 9.77. The van der Waals surface area contributed by atoms with E-state index in [9.17, 15) is 18.0 Å². The molecule has 0 saturated carbocycles. The zero-order valence-electron chi connectivity index (χ0n) is 17.6. The molecule has 176 valence electrons. The number of pyridine rings is 1. The number of fused-ring (bicyclic) bond motifs is 1. The minimum atomic E-state index is -5.12. The number of aromatic nitrogens is 5. The van der Waals surface area contributed by atoms with E-state index in [0.717, 1.165) is 0 Å². The smallest absolute Gasteiger partial charge is 0.490 e. The van der Waals surface area contributed by atoms with Crippen LogP contribution in [-0.2, 0) is 16.1 Å². The molecule has 1 atom stereocenters. The number of carbonyl (C=O) groups is 1. The zero-order chi connectivity index (χ0) is 24.2. The van der Waals surface area contributed by atoms with Crippen LogP contribution in [0.5, 0.6) is 5.75 Å². The Balaban J connectivity index is 2.08. The van der Waals surface area contributed by atoms with Gasteiger partial charge in [-0.15, -0.1) is 0 Å². The molecule has 0 bridgehead atoms. The van der Waals surface area contributed by atoms with E-state index in [1.807, 2.05) is 6.92 Å². The van der Waals surface area contributed by atoms with Crippen molar-refractivity contribution in [2.45, 2.75) is 39.1 Å². The molecule has 0 fully saturated rings. The lowest BCUT2D eigenvalue weighted by atomic mass is 10.2. The Labute approximate surface area is 185 Å². The van der Waals surface area contributed by atoms with Gasteiger partial charge in [-0.25, -0.2) is 19.4 Å². The van der Waals surface area contributed by atoms with Crippen LogP contribution in [0, 0.1) is 11.8 Å². The summed E-state index contributed by atoms with van der Waals surface area (Å²) in [7, 11) is 0. The molecule has 3 heterocycles. The van der Waals surface area contributed by atoms with Crippen molar-refractivity contribution in [2.24, 2.45) is 5.73 Å². The summed E-state index contributed by atoms with van der Waals surface area (Å²) < 4.78 is 53.7. The average Bonchev–Trinajstić information content (AvgIpc) is 3.35. The van der Waals surface area contributed by atoms with Crippen molar-refractivity contribution in [3.05, 3.63) is 11.9 Å². The molecule has 14 heteroatoms. The van der Waals surface area contributed by atoms with Gasteiger partial charge in [-0.05, 0) is 43.0 Å². The van der Waals surface area contributed by atoms with Crippen molar-refractivity contribution in [3.8, 4) is 29.1 Å². The molecule has 0 aliphatic carbocycles. The molecule has 0 spiro atoms. The van der Waals surface area contributed by atoms with Crippen LogP contribution >= 0.6 is 0 Å². The number of nitrogens with two attached hydrogens (primary N) is 2. The zero-order valence-corrected chi connectivity index (χ0v) is 17.6. The predicted octanol–water partition coefficient (Wildman–Crippen LogP) is 1.66. The third-order valence-corrected chi connectivity index (χ3v) is 4.29. The van der Waals surface area contributed by atoms with Gasteiger partial charge in [-0.2, -0.15) is 13.2 Å². The second-order valence-corrected chi connectivity index (χ2v) is 6.65. The number of esters is 1. The Hall–Kier alpha value is -3.86. The number of rotatable bonds is 7. The first kappa shape index (κ1) is 23.8. The number of alkyl halides is 3. The SMILES string of the molecule is CCn1c(-c2nonc2N)nc2c(C#CC(C)OC(=O)C(F)(F)F)ncc(OCCCN)c21. The molecule has 3 aromatic heterocycles. The monoisotopic (exact) mass is 467 g/mol. The molecular weight excluding hydrogens is 447 g/mol. The summed E-state index contributed by atoms with van der Waals surface area (Å²) in [5, 5.41) is 7.34.